The summed E-state index contributed by atoms with van der Waals surface area (Å²) in [5.74, 6) is 0.858. The fourth-order valence-corrected chi connectivity index (χ4v) is 2.08. The minimum absolute atomic E-state index is 0.120. The van der Waals surface area contributed by atoms with Crippen LogP contribution in [0.15, 0.2) is 27.3 Å². The first-order valence-corrected chi connectivity index (χ1v) is 4.90. The van der Waals surface area contributed by atoms with Crippen LogP contribution in [0.1, 0.15) is 13.3 Å². The predicted molar refractivity (Wildman–Crippen MR) is 54.5 cm³/mol. The summed E-state index contributed by atoms with van der Waals surface area (Å²) in [5, 5.41) is 0. The molecule has 0 aromatic rings. The smallest absolute Gasteiger partial charge is 0.234 e. The van der Waals surface area contributed by atoms with Gasteiger partial charge in [0, 0.05) is 12.6 Å². The number of carbonyl (C=O) groups is 1. The molecule has 2 aliphatic rings. The van der Waals surface area contributed by atoms with Gasteiger partial charge in [-0.3, -0.25) is 14.7 Å². The predicted octanol–water partition coefficient (Wildman–Crippen LogP) is 1.81. The molecule has 2 rings (SSSR count). The number of hydrogen-bond donors (Lipinski definition) is 0. The van der Waals surface area contributed by atoms with Gasteiger partial charge in [0.25, 0.3) is 0 Å². The second kappa shape index (κ2) is 3.10. The number of amidine groups is 1. The topological polar surface area (TPSA) is 32.7 Å². The van der Waals surface area contributed by atoms with Gasteiger partial charge in [0.1, 0.15) is 5.84 Å². The number of halogens is 1. The summed E-state index contributed by atoms with van der Waals surface area (Å²) in [6.45, 7) is 2.56. The van der Waals surface area contributed by atoms with Gasteiger partial charge in [0.05, 0.1) is 11.0 Å². The van der Waals surface area contributed by atoms with Gasteiger partial charge in [-0.2, -0.15) is 0 Å². The molecule has 0 saturated carbocycles. The number of nitrogens with zero attached hydrogens (tertiary/aromatic N) is 2. The Balaban J connectivity index is 2.45. The van der Waals surface area contributed by atoms with E-state index in [0.29, 0.717) is 13.0 Å². The molecule has 0 aromatic carbocycles. The SMILES string of the molecule is CC1=CN2C(=O)CCN=C2C(Br)=C1. The van der Waals surface area contributed by atoms with Crippen molar-refractivity contribution in [3.63, 3.8) is 0 Å². The molecule has 3 nitrogen and oxygen atoms in total. The Morgan fingerprint density at radius 1 is 1.62 bits per heavy atom. The lowest BCUT2D eigenvalue weighted by Gasteiger charge is -2.27. The largest absolute Gasteiger partial charge is 0.274 e. The molecule has 0 fully saturated rings. The second-order valence-electron chi connectivity index (χ2n) is 3.08. The van der Waals surface area contributed by atoms with E-state index < -0.39 is 0 Å². The van der Waals surface area contributed by atoms with Crippen LogP contribution in [0.4, 0.5) is 0 Å². The number of fused-ring (bicyclic) bond motifs is 1. The van der Waals surface area contributed by atoms with Crippen LogP contribution < -0.4 is 0 Å². The molecule has 0 spiro atoms. The molecular formula is C9H9BrN2O. The maximum absolute atomic E-state index is 11.5. The van der Waals surface area contributed by atoms with Gasteiger partial charge in [-0.15, -0.1) is 0 Å². The summed E-state index contributed by atoms with van der Waals surface area (Å²) in [7, 11) is 0. The highest BCUT2D eigenvalue weighted by Gasteiger charge is 2.25. The Morgan fingerprint density at radius 3 is 3.15 bits per heavy atom. The number of carbonyl (C=O) groups excluding carboxylic acids is 1. The lowest BCUT2D eigenvalue weighted by atomic mass is 10.2. The summed E-state index contributed by atoms with van der Waals surface area (Å²) in [6.07, 6.45) is 4.30. The van der Waals surface area contributed by atoms with E-state index in [0.717, 1.165) is 15.9 Å². The van der Waals surface area contributed by atoms with Crippen molar-refractivity contribution in [2.24, 2.45) is 4.99 Å². The summed E-state index contributed by atoms with van der Waals surface area (Å²) >= 11 is 3.39. The molecule has 0 atom stereocenters. The molecule has 0 aromatic heterocycles. The maximum atomic E-state index is 11.5. The first kappa shape index (κ1) is 8.69. The highest BCUT2D eigenvalue weighted by atomic mass is 79.9. The summed E-state index contributed by atoms with van der Waals surface area (Å²) < 4.78 is 0.889. The van der Waals surface area contributed by atoms with E-state index in [2.05, 4.69) is 20.9 Å². The molecule has 2 aliphatic heterocycles. The van der Waals surface area contributed by atoms with Crippen molar-refractivity contribution in [3.8, 4) is 0 Å². The van der Waals surface area contributed by atoms with Gasteiger partial charge < -0.3 is 0 Å². The third-order valence-corrected chi connectivity index (χ3v) is 2.57. The minimum Gasteiger partial charge on any atom is -0.274 e. The van der Waals surface area contributed by atoms with Gasteiger partial charge in [-0.25, -0.2) is 0 Å². The molecular weight excluding hydrogens is 232 g/mol. The number of amides is 1. The number of hydrogen-bond acceptors (Lipinski definition) is 2. The molecule has 4 heteroatoms. The highest BCUT2D eigenvalue weighted by Crippen LogP contribution is 2.23. The molecule has 0 saturated heterocycles. The van der Waals surface area contributed by atoms with Crippen molar-refractivity contribution in [2.45, 2.75) is 13.3 Å². The van der Waals surface area contributed by atoms with Gasteiger partial charge >= 0.3 is 0 Å². The summed E-state index contributed by atoms with van der Waals surface area (Å²) in [4.78, 5) is 17.4. The van der Waals surface area contributed by atoms with Crippen LogP contribution >= 0.6 is 15.9 Å². The normalized spacial score (nSPS) is 21.8. The zero-order chi connectivity index (χ0) is 9.42. The summed E-state index contributed by atoms with van der Waals surface area (Å²) in [5.41, 5.74) is 1.06. The molecule has 0 aliphatic carbocycles. The lowest BCUT2D eigenvalue weighted by Crippen LogP contribution is -2.38. The Kier molecular flexibility index (Phi) is 2.07. The van der Waals surface area contributed by atoms with Crippen LogP contribution in [0, 0.1) is 0 Å². The zero-order valence-corrected chi connectivity index (χ0v) is 8.84. The van der Waals surface area contributed by atoms with Crippen molar-refractivity contribution in [3.05, 3.63) is 22.3 Å². The highest BCUT2D eigenvalue weighted by molar-refractivity contribution is 9.12. The number of rotatable bonds is 0. The monoisotopic (exact) mass is 240 g/mol. The third-order valence-electron chi connectivity index (χ3n) is 1.98. The van der Waals surface area contributed by atoms with E-state index in [-0.39, 0.29) is 5.91 Å². The molecule has 0 bridgehead atoms. The van der Waals surface area contributed by atoms with Gasteiger partial charge in [0.2, 0.25) is 5.91 Å². The lowest BCUT2D eigenvalue weighted by molar-refractivity contribution is -0.125. The third kappa shape index (κ3) is 1.46. The molecule has 0 unspecified atom stereocenters. The molecule has 0 N–H and O–H groups in total. The van der Waals surface area contributed by atoms with Gasteiger partial charge in [0.15, 0.2) is 0 Å². The van der Waals surface area contributed by atoms with Crippen molar-refractivity contribution in [2.75, 3.05) is 6.54 Å². The average Bonchev–Trinajstić information content (AvgIpc) is 2.07. The minimum atomic E-state index is 0.120. The summed E-state index contributed by atoms with van der Waals surface area (Å²) in [6, 6.07) is 0. The Labute approximate surface area is 85.0 Å². The quantitative estimate of drug-likeness (QED) is 0.636. The molecule has 13 heavy (non-hydrogen) atoms. The van der Waals surface area contributed by atoms with Gasteiger partial charge in [-0.05, 0) is 34.5 Å². The van der Waals surface area contributed by atoms with Crippen LogP contribution in [0.2, 0.25) is 0 Å². The van der Waals surface area contributed by atoms with E-state index in [1.54, 1.807) is 4.90 Å². The van der Waals surface area contributed by atoms with Crippen LogP contribution in [-0.2, 0) is 4.79 Å². The van der Waals surface area contributed by atoms with Crippen molar-refractivity contribution in [1.82, 2.24) is 4.90 Å². The first-order chi connectivity index (χ1) is 6.18. The van der Waals surface area contributed by atoms with E-state index in [4.69, 9.17) is 0 Å². The van der Waals surface area contributed by atoms with Crippen molar-refractivity contribution in [1.29, 1.82) is 0 Å². The Morgan fingerprint density at radius 2 is 2.38 bits per heavy atom. The van der Waals surface area contributed by atoms with Crippen LogP contribution in [0.25, 0.3) is 0 Å². The zero-order valence-electron chi connectivity index (χ0n) is 7.25. The number of allylic oxidation sites excluding steroid dienone is 2. The fourth-order valence-electron chi connectivity index (χ4n) is 1.40. The number of aliphatic imine (C=N–C) groups is 1. The van der Waals surface area contributed by atoms with Crippen molar-refractivity contribution < 1.29 is 4.79 Å². The molecule has 68 valence electrons. The molecule has 1 amide bonds. The Hall–Kier alpha value is -0.900. The molecule has 0 radical (unpaired) electrons. The standard InChI is InChI=1S/C9H9BrN2O/c1-6-4-7(10)9-11-3-2-8(13)12(9)5-6/h4-5H,2-3H2,1H3. The second-order valence-corrected chi connectivity index (χ2v) is 3.94. The van der Waals surface area contributed by atoms with E-state index in [1.807, 2.05) is 19.2 Å². The van der Waals surface area contributed by atoms with Crippen LogP contribution in [-0.4, -0.2) is 23.2 Å². The first-order valence-electron chi connectivity index (χ1n) is 4.11. The van der Waals surface area contributed by atoms with Crippen LogP contribution in [0.5, 0.6) is 0 Å². The maximum Gasteiger partial charge on any atom is 0.234 e. The van der Waals surface area contributed by atoms with Gasteiger partial charge in [-0.1, -0.05) is 0 Å². The molecule has 2 heterocycles. The Bertz CT molecular complexity index is 355. The van der Waals surface area contributed by atoms with Crippen molar-refractivity contribution >= 4 is 27.7 Å². The van der Waals surface area contributed by atoms with Crippen LogP contribution in [0.3, 0.4) is 0 Å². The average molecular weight is 241 g/mol. The van der Waals surface area contributed by atoms with E-state index >= 15 is 0 Å². The fraction of sp³-hybridized carbons (Fsp3) is 0.333. The van der Waals surface area contributed by atoms with E-state index in [9.17, 15) is 4.79 Å². The van der Waals surface area contributed by atoms with E-state index in [1.165, 1.54) is 0 Å².